The molecule has 7 heteroatoms. The van der Waals surface area contributed by atoms with Crippen molar-refractivity contribution in [1.82, 2.24) is 15.2 Å². The maximum atomic E-state index is 12.8. The van der Waals surface area contributed by atoms with Crippen LogP contribution in [-0.2, 0) is 6.42 Å². The van der Waals surface area contributed by atoms with Gasteiger partial charge in [-0.15, -0.1) is 0 Å². The first-order chi connectivity index (χ1) is 11.1. The maximum Gasteiger partial charge on any atom is 0.205 e. The molecule has 0 bridgehead atoms. The van der Waals surface area contributed by atoms with Crippen molar-refractivity contribution in [2.24, 2.45) is 0 Å². The summed E-state index contributed by atoms with van der Waals surface area (Å²) < 4.78 is 0.924. The number of aryl methyl sites for hydroxylation is 1. The Morgan fingerprint density at radius 2 is 2.09 bits per heavy atom. The number of anilines is 2. The fourth-order valence-electron chi connectivity index (χ4n) is 2.96. The Hall–Kier alpha value is -2.41. The van der Waals surface area contributed by atoms with Crippen molar-refractivity contribution in [3.8, 4) is 0 Å². The molecule has 0 radical (unpaired) electrons. The van der Waals surface area contributed by atoms with Gasteiger partial charge in [0.2, 0.25) is 5.43 Å². The van der Waals surface area contributed by atoms with Crippen LogP contribution in [0.15, 0.2) is 33.5 Å². The lowest BCUT2D eigenvalue weighted by atomic mass is 9.94. The summed E-state index contributed by atoms with van der Waals surface area (Å²) in [4.78, 5) is 28.0. The monoisotopic (exact) mass is 372 g/mol. The number of halogens is 1. The van der Waals surface area contributed by atoms with Gasteiger partial charge in [-0.2, -0.15) is 5.10 Å². The molecule has 0 amide bonds. The zero-order valence-corrected chi connectivity index (χ0v) is 13.7. The molecular formula is C16H13BrN4O2. The largest absolute Gasteiger partial charge is 0.341 e. The van der Waals surface area contributed by atoms with Crippen molar-refractivity contribution in [3.05, 3.63) is 50.2 Å². The van der Waals surface area contributed by atoms with Crippen molar-refractivity contribution in [2.45, 2.75) is 19.3 Å². The summed E-state index contributed by atoms with van der Waals surface area (Å²) in [6.45, 7) is 0. The quantitative estimate of drug-likeness (QED) is 0.643. The van der Waals surface area contributed by atoms with Crippen LogP contribution in [0.2, 0.25) is 0 Å². The number of H-pyrrole nitrogens is 2. The molecule has 6 nitrogen and oxygen atoms in total. The minimum atomic E-state index is -0.260. The van der Waals surface area contributed by atoms with E-state index in [1.165, 1.54) is 0 Å². The summed E-state index contributed by atoms with van der Waals surface area (Å²) in [7, 11) is 0. The highest BCUT2D eigenvalue weighted by molar-refractivity contribution is 9.10. The van der Waals surface area contributed by atoms with Crippen molar-refractivity contribution in [3.63, 3.8) is 0 Å². The van der Waals surface area contributed by atoms with Crippen LogP contribution in [0.3, 0.4) is 0 Å². The molecule has 0 unspecified atom stereocenters. The van der Waals surface area contributed by atoms with E-state index in [1.807, 2.05) is 24.3 Å². The van der Waals surface area contributed by atoms with Crippen LogP contribution in [0.5, 0.6) is 0 Å². The number of aromatic amines is 2. The smallest absolute Gasteiger partial charge is 0.205 e. The number of benzene rings is 1. The number of ketones is 1. The van der Waals surface area contributed by atoms with E-state index in [4.69, 9.17) is 0 Å². The Balaban J connectivity index is 1.87. The number of carbonyl (C=O) groups is 1. The highest BCUT2D eigenvalue weighted by atomic mass is 79.9. The number of aromatic nitrogens is 3. The summed E-state index contributed by atoms with van der Waals surface area (Å²) in [5.74, 6) is 0.393. The topological polar surface area (TPSA) is 90.6 Å². The van der Waals surface area contributed by atoms with Crippen molar-refractivity contribution < 1.29 is 4.79 Å². The first kappa shape index (κ1) is 14.2. The molecule has 0 atom stereocenters. The molecule has 1 aliphatic carbocycles. The minimum Gasteiger partial charge on any atom is -0.341 e. The number of rotatable bonds is 2. The van der Waals surface area contributed by atoms with Crippen LogP contribution in [0.25, 0.3) is 11.0 Å². The third-order valence-corrected chi connectivity index (χ3v) is 4.49. The van der Waals surface area contributed by atoms with E-state index < -0.39 is 0 Å². The molecule has 0 saturated heterocycles. The zero-order chi connectivity index (χ0) is 16.0. The van der Waals surface area contributed by atoms with E-state index in [9.17, 15) is 9.59 Å². The van der Waals surface area contributed by atoms with E-state index in [2.05, 4.69) is 36.4 Å². The fourth-order valence-corrected chi connectivity index (χ4v) is 3.35. The Bertz CT molecular complexity index is 989. The maximum absolute atomic E-state index is 12.8. The molecule has 0 fully saturated rings. The van der Waals surface area contributed by atoms with Gasteiger partial charge in [0, 0.05) is 22.3 Å². The molecule has 0 spiro atoms. The summed E-state index contributed by atoms with van der Waals surface area (Å²) in [5.41, 5.74) is 2.00. The number of fused-ring (bicyclic) bond motifs is 2. The molecular weight excluding hydrogens is 360 g/mol. The van der Waals surface area contributed by atoms with E-state index in [-0.39, 0.29) is 16.8 Å². The lowest BCUT2D eigenvalue weighted by Gasteiger charge is -2.13. The fraction of sp³-hybridized carbons (Fsp3) is 0.188. The normalized spacial score (nSPS) is 14.0. The van der Waals surface area contributed by atoms with E-state index in [0.717, 1.165) is 16.6 Å². The van der Waals surface area contributed by atoms with Crippen molar-refractivity contribution >= 4 is 44.3 Å². The Kier molecular flexibility index (Phi) is 3.30. The zero-order valence-electron chi connectivity index (χ0n) is 12.1. The average molecular weight is 373 g/mol. The van der Waals surface area contributed by atoms with Gasteiger partial charge in [0.15, 0.2) is 11.4 Å². The second-order valence-corrected chi connectivity index (χ2v) is 6.46. The predicted molar refractivity (Wildman–Crippen MR) is 91.4 cm³/mol. The predicted octanol–water partition coefficient (Wildman–Crippen LogP) is 3.28. The Morgan fingerprint density at radius 1 is 1.22 bits per heavy atom. The lowest BCUT2D eigenvalue weighted by Crippen LogP contribution is -2.23. The standard InChI is InChI=1S/C16H13BrN4O2/c17-8-3-1-4-9(7-8)18-15-13-14(23)12-10(5-2-6-11(12)22)19-16(13)21-20-15/h1,3-4,7H,2,5-6H2,(H3,18,19,20,21,23). The van der Waals surface area contributed by atoms with Gasteiger partial charge in [0.25, 0.3) is 0 Å². The molecule has 1 aliphatic rings. The highest BCUT2D eigenvalue weighted by Gasteiger charge is 2.25. The van der Waals surface area contributed by atoms with Crippen LogP contribution in [0.4, 0.5) is 11.5 Å². The number of nitrogens with one attached hydrogen (secondary N) is 3. The molecule has 116 valence electrons. The van der Waals surface area contributed by atoms with Crippen LogP contribution in [-0.4, -0.2) is 21.0 Å². The molecule has 1 aromatic carbocycles. The van der Waals surface area contributed by atoms with Gasteiger partial charge in [-0.25, -0.2) is 0 Å². The third kappa shape index (κ3) is 2.37. The molecule has 0 aliphatic heterocycles. The summed E-state index contributed by atoms with van der Waals surface area (Å²) in [5, 5.41) is 10.5. The van der Waals surface area contributed by atoms with Gasteiger partial charge in [-0.1, -0.05) is 22.0 Å². The van der Waals surface area contributed by atoms with E-state index in [0.29, 0.717) is 35.4 Å². The summed E-state index contributed by atoms with van der Waals surface area (Å²) >= 11 is 3.41. The molecule has 0 saturated carbocycles. The Labute approximate surface area is 139 Å². The number of pyridine rings is 1. The summed E-state index contributed by atoms with van der Waals surface area (Å²) in [6, 6.07) is 7.58. The Morgan fingerprint density at radius 3 is 2.91 bits per heavy atom. The molecule has 2 heterocycles. The average Bonchev–Trinajstić information content (AvgIpc) is 2.90. The van der Waals surface area contributed by atoms with Crippen molar-refractivity contribution in [2.75, 3.05) is 5.32 Å². The summed E-state index contributed by atoms with van der Waals surface area (Å²) in [6.07, 6.45) is 1.89. The molecule has 23 heavy (non-hydrogen) atoms. The van der Waals surface area contributed by atoms with Gasteiger partial charge in [0.1, 0.15) is 11.2 Å². The van der Waals surface area contributed by atoms with Gasteiger partial charge in [0.05, 0.1) is 5.56 Å². The first-order valence-electron chi connectivity index (χ1n) is 7.32. The number of carbonyl (C=O) groups excluding carboxylic acids is 1. The second kappa shape index (κ2) is 5.34. The lowest BCUT2D eigenvalue weighted by molar-refractivity contribution is 0.0970. The van der Waals surface area contributed by atoms with Gasteiger partial charge < -0.3 is 10.3 Å². The third-order valence-electron chi connectivity index (χ3n) is 3.99. The van der Waals surface area contributed by atoms with Crippen molar-refractivity contribution in [1.29, 1.82) is 0 Å². The minimum absolute atomic E-state index is 0.0935. The molecule has 3 N–H and O–H groups in total. The van der Waals surface area contributed by atoms with E-state index in [1.54, 1.807) is 0 Å². The van der Waals surface area contributed by atoms with E-state index >= 15 is 0 Å². The number of hydrogen-bond donors (Lipinski definition) is 3. The SMILES string of the molecule is O=C1CCCc2[nH]c3n[nH]c(Nc4cccc(Br)c4)c3c(=O)c21. The van der Waals surface area contributed by atoms with Crippen LogP contribution in [0.1, 0.15) is 28.9 Å². The number of nitrogens with zero attached hydrogens (tertiary/aromatic N) is 1. The molecule has 2 aromatic heterocycles. The van der Waals surface area contributed by atoms with Gasteiger partial charge in [-0.05, 0) is 31.0 Å². The van der Waals surface area contributed by atoms with Gasteiger partial charge in [-0.3, -0.25) is 14.7 Å². The van der Waals surface area contributed by atoms with Gasteiger partial charge >= 0.3 is 0 Å². The van der Waals surface area contributed by atoms with Crippen LogP contribution >= 0.6 is 15.9 Å². The van der Waals surface area contributed by atoms with Crippen LogP contribution < -0.4 is 10.7 Å². The van der Waals surface area contributed by atoms with Crippen LogP contribution in [0, 0.1) is 0 Å². The second-order valence-electron chi connectivity index (χ2n) is 5.54. The first-order valence-corrected chi connectivity index (χ1v) is 8.12. The number of hydrogen-bond acceptors (Lipinski definition) is 4. The number of Topliss-reactive ketones (excluding diaryl/α,β-unsaturated/α-hetero) is 1. The highest BCUT2D eigenvalue weighted by Crippen LogP contribution is 2.25. The molecule has 3 aromatic rings. The molecule has 4 rings (SSSR count).